The molecule has 2 atom stereocenters. The van der Waals surface area contributed by atoms with Crippen molar-refractivity contribution >= 4 is 22.0 Å². The topological polar surface area (TPSA) is 26.0 Å². The predicted octanol–water partition coefficient (Wildman–Crippen LogP) is 7.30. The van der Waals surface area contributed by atoms with E-state index in [0.29, 0.717) is 11.8 Å². The quantitative estimate of drug-likeness (QED) is 0.372. The molecular weight excluding hydrogens is 350 g/mol. The first-order valence-electron chi connectivity index (χ1n) is 10.3. The van der Waals surface area contributed by atoms with Crippen LogP contribution in [0.2, 0.25) is 0 Å². The molecule has 0 radical (unpaired) electrons. The van der Waals surface area contributed by atoms with Crippen LogP contribution >= 0.6 is 0 Å². The van der Waals surface area contributed by atoms with Crippen LogP contribution in [0.3, 0.4) is 0 Å². The van der Waals surface area contributed by atoms with Crippen molar-refractivity contribution in [1.29, 1.82) is 0 Å². The fraction of sp³-hybridized carbons (Fsp3) is 0.143. The van der Waals surface area contributed by atoms with Gasteiger partial charge in [-0.1, -0.05) is 91.5 Å². The van der Waals surface area contributed by atoms with Gasteiger partial charge in [0.25, 0.3) is 0 Å². The average molecular weight is 376 g/mol. The second kappa shape index (κ2) is 7.25. The van der Waals surface area contributed by atoms with E-state index >= 15 is 0 Å². The van der Waals surface area contributed by atoms with Crippen LogP contribution in [0.5, 0.6) is 0 Å². The largest absolute Gasteiger partial charge is 0.398 e. The summed E-state index contributed by atoms with van der Waals surface area (Å²) in [5.41, 5.74) is 13.5. The van der Waals surface area contributed by atoms with Gasteiger partial charge in [0.15, 0.2) is 0 Å². The van der Waals surface area contributed by atoms with E-state index in [4.69, 9.17) is 5.73 Å². The number of nitrogen functional groups attached to an aromatic ring is 1. The SMILES string of the molecule is C=C(c1ccc(-c2ccccc2)c2ccccc12)C1CCC1c1ccccc1N. The molecule has 0 bridgehead atoms. The molecule has 142 valence electrons. The highest BCUT2D eigenvalue weighted by Crippen LogP contribution is 2.51. The fourth-order valence-electron chi connectivity index (χ4n) is 4.79. The maximum absolute atomic E-state index is 6.28. The van der Waals surface area contributed by atoms with Crippen molar-refractivity contribution in [3.8, 4) is 11.1 Å². The van der Waals surface area contributed by atoms with Crippen LogP contribution in [0.25, 0.3) is 27.5 Å². The molecule has 4 aromatic carbocycles. The lowest BCUT2D eigenvalue weighted by Gasteiger charge is -2.39. The van der Waals surface area contributed by atoms with Crippen LogP contribution in [0, 0.1) is 5.92 Å². The summed E-state index contributed by atoms with van der Waals surface area (Å²) in [5, 5.41) is 2.57. The lowest BCUT2D eigenvalue weighted by Crippen LogP contribution is -2.25. The van der Waals surface area contributed by atoms with E-state index in [2.05, 4.69) is 85.4 Å². The van der Waals surface area contributed by atoms with Gasteiger partial charge in [-0.05, 0) is 69.3 Å². The third kappa shape index (κ3) is 3.03. The number of allylic oxidation sites excluding steroid dienone is 1. The summed E-state index contributed by atoms with van der Waals surface area (Å²) in [5.74, 6) is 0.918. The van der Waals surface area contributed by atoms with Crippen LogP contribution < -0.4 is 5.73 Å². The monoisotopic (exact) mass is 375 g/mol. The minimum atomic E-state index is 0.450. The van der Waals surface area contributed by atoms with Gasteiger partial charge >= 0.3 is 0 Å². The Morgan fingerprint density at radius 1 is 0.724 bits per heavy atom. The molecule has 2 unspecified atom stereocenters. The zero-order valence-corrected chi connectivity index (χ0v) is 16.5. The molecule has 1 nitrogen and oxygen atoms in total. The third-order valence-corrected chi connectivity index (χ3v) is 6.47. The van der Waals surface area contributed by atoms with Gasteiger partial charge in [0.05, 0.1) is 0 Å². The lowest BCUT2D eigenvalue weighted by atomic mass is 9.65. The van der Waals surface area contributed by atoms with Gasteiger partial charge in [-0.3, -0.25) is 0 Å². The lowest BCUT2D eigenvalue weighted by molar-refractivity contribution is 0.329. The van der Waals surface area contributed by atoms with E-state index < -0.39 is 0 Å². The van der Waals surface area contributed by atoms with Crippen molar-refractivity contribution in [1.82, 2.24) is 0 Å². The molecule has 1 aliphatic rings. The Labute approximate surface area is 172 Å². The van der Waals surface area contributed by atoms with E-state index in [1.165, 1.54) is 51.4 Å². The van der Waals surface area contributed by atoms with E-state index in [1.807, 2.05) is 12.1 Å². The average Bonchev–Trinajstić information content (AvgIpc) is 2.74. The molecule has 0 amide bonds. The number of anilines is 1. The van der Waals surface area contributed by atoms with Gasteiger partial charge < -0.3 is 5.73 Å². The van der Waals surface area contributed by atoms with E-state index in [1.54, 1.807) is 0 Å². The number of hydrogen-bond donors (Lipinski definition) is 1. The molecule has 2 N–H and O–H groups in total. The molecular formula is C28H25N. The number of nitrogens with two attached hydrogens (primary N) is 1. The molecule has 0 saturated heterocycles. The first-order chi connectivity index (χ1) is 14.2. The summed E-state index contributed by atoms with van der Waals surface area (Å²) in [4.78, 5) is 0. The highest BCUT2D eigenvalue weighted by Gasteiger charge is 2.35. The fourth-order valence-corrected chi connectivity index (χ4v) is 4.79. The third-order valence-electron chi connectivity index (χ3n) is 6.47. The molecule has 1 saturated carbocycles. The summed E-state index contributed by atoms with van der Waals surface area (Å²) in [6.07, 6.45) is 2.35. The molecule has 5 rings (SSSR count). The predicted molar refractivity (Wildman–Crippen MR) is 125 cm³/mol. The molecule has 1 heteroatoms. The van der Waals surface area contributed by atoms with Gasteiger partial charge in [0.1, 0.15) is 0 Å². The molecule has 0 heterocycles. The van der Waals surface area contributed by atoms with Gasteiger partial charge in [0, 0.05) is 5.69 Å². The molecule has 0 spiro atoms. The minimum absolute atomic E-state index is 0.450. The minimum Gasteiger partial charge on any atom is -0.398 e. The maximum atomic E-state index is 6.28. The van der Waals surface area contributed by atoms with Crippen LogP contribution in [0.1, 0.15) is 29.9 Å². The van der Waals surface area contributed by atoms with Crippen molar-refractivity contribution < 1.29 is 0 Å². The van der Waals surface area contributed by atoms with Crippen molar-refractivity contribution in [2.75, 3.05) is 5.73 Å². The number of rotatable bonds is 4. The first kappa shape index (κ1) is 17.8. The number of benzene rings is 4. The summed E-state index contributed by atoms with van der Waals surface area (Å²) >= 11 is 0. The van der Waals surface area contributed by atoms with Gasteiger partial charge in [-0.2, -0.15) is 0 Å². The van der Waals surface area contributed by atoms with Crippen molar-refractivity contribution in [2.24, 2.45) is 5.92 Å². The van der Waals surface area contributed by atoms with E-state index in [-0.39, 0.29) is 0 Å². The highest BCUT2D eigenvalue weighted by molar-refractivity contribution is 6.02. The summed E-state index contributed by atoms with van der Waals surface area (Å²) in [6, 6.07) is 32.1. The number of hydrogen-bond acceptors (Lipinski definition) is 1. The smallest absolute Gasteiger partial charge is 0.0349 e. The Morgan fingerprint density at radius 2 is 1.41 bits per heavy atom. The molecule has 4 aromatic rings. The number of fused-ring (bicyclic) bond motifs is 1. The maximum Gasteiger partial charge on any atom is 0.0349 e. The molecule has 29 heavy (non-hydrogen) atoms. The molecule has 1 fully saturated rings. The molecule has 1 aliphatic carbocycles. The van der Waals surface area contributed by atoms with Crippen LogP contribution in [0.4, 0.5) is 5.69 Å². The summed E-state index contributed by atoms with van der Waals surface area (Å²) in [7, 11) is 0. The Morgan fingerprint density at radius 3 is 2.14 bits per heavy atom. The van der Waals surface area contributed by atoms with Crippen molar-refractivity contribution in [3.63, 3.8) is 0 Å². The van der Waals surface area contributed by atoms with Crippen LogP contribution in [-0.2, 0) is 0 Å². The summed E-state index contributed by atoms with van der Waals surface area (Å²) in [6.45, 7) is 4.56. The van der Waals surface area contributed by atoms with Gasteiger partial charge in [-0.25, -0.2) is 0 Å². The van der Waals surface area contributed by atoms with E-state index in [9.17, 15) is 0 Å². The van der Waals surface area contributed by atoms with Crippen LogP contribution in [-0.4, -0.2) is 0 Å². The molecule has 0 aromatic heterocycles. The normalized spacial score (nSPS) is 18.3. The zero-order chi connectivity index (χ0) is 19.8. The Balaban J connectivity index is 1.56. The standard InChI is InChI=1S/C28H25N/c1-19(22-16-18-26(22)27-13-7-8-14-28(27)29)21-15-17-23(20-9-3-2-4-10-20)25-12-6-5-11-24(21)25/h2-15,17,22,26H,1,16,18,29H2. The van der Waals surface area contributed by atoms with E-state index in [0.717, 1.165) is 5.69 Å². The summed E-state index contributed by atoms with van der Waals surface area (Å²) < 4.78 is 0. The van der Waals surface area contributed by atoms with Gasteiger partial charge in [-0.15, -0.1) is 0 Å². The van der Waals surface area contributed by atoms with Crippen molar-refractivity contribution in [3.05, 3.63) is 109 Å². The second-order valence-electron chi connectivity index (χ2n) is 8.02. The molecule has 0 aliphatic heterocycles. The number of para-hydroxylation sites is 1. The second-order valence-corrected chi connectivity index (χ2v) is 8.02. The van der Waals surface area contributed by atoms with Crippen molar-refractivity contribution in [2.45, 2.75) is 18.8 Å². The Bertz CT molecular complexity index is 1190. The first-order valence-corrected chi connectivity index (χ1v) is 10.3. The Hall–Kier alpha value is -3.32. The Kier molecular flexibility index (Phi) is 4.44. The zero-order valence-electron chi connectivity index (χ0n) is 16.5. The highest BCUT2D eigenvalue weighted by atomic mass is 14.6. The van der Waals surface area contributed by atoms with Crippen LogP contribution in [0.15, 0.2) is 97.6 Å². The van der Waals surface area contributed by atoms with Gasteiger partial charge in [0.2, 0.25) is 0 Å².